The molecule has 19 heavy (non-hydrogen) atoms. The van der Waals surface area contributed by atoms with Crippen LogP contribution in [0.5, 0.6) is 0 Å². The third-order valence-corrected chi connectivity index (χ3v) is 4.32. The van der Waals surface area contributed by atoms with Crippen LogP contribution in [0.25, 0.3) is 0 Å². The molecule has 98 valence electrons. The van der Waals surface area contributed by atoms with Gasteiger partial charge in [0.1, 0.15) is 6.04 Å². The van der Waals surface area contributed by atoms with Gasteiger partial charge in [-0.3, -0.25) is 9.48 Å². The fourth-order valence-corrected chi connectivity index (χ4v) is 3.12. The van der Waals surface area contributed by atoms with E-state index in [1.807, 2.05) is 19.3 Å². The number of carbonyl (C=O) groups excluding carboxylic acids is 1. The zero-order valence-corrected chi connectivity index (χ0v) is 11.6. The number of anilines is 1. The molecule has 0 saturated carbocycles. The quantitative estimate of drug-likeness (QED) is 0.890. The summed E-state index contributed by atoms with van der Waals surface area (Å²) < 4.78 is 1.72. The first-order chi connectivity index (χ1) is 9.04. The lowest BCUT2D eigenvalue weighted by Gasteiger charge is -2.07. The minimum absolute atomic E-state index is 0.199. The van der Waals surface area contributed by atoms with Gasteiger partial charge >= 0.3 is 0 Å². The molecule has 1 aromatic heterocycles. The van der Waals surface area contributed by atoms with Crippen molar-refractivity contribution in [3.05, 3.63) is 35.1 Å². The Morgan fingerprint density at radius 2 is 2.32 bits per heavy atom. The minimum Gasteiger partial charge on any atom is -0.324 e. The van der Waals surface area contributed by atoms with Crippen molar-refractivity contribution in [3.63, 3.8) is 0 Å². The highest BCUT2D eigenvalue weighted by Crippen LogP contribution is 2.40. The average molecular weight is 295 g/mol. The van der Waals surface area contributed by atoms with Gasteiger partial charge in [0.05, 0.1) is 16.1 Å². The maximum Gasteiger partial charge on any atom is 0.245 e. The van der Waals surface area contributed by atoms with Crippen molar-refractivity contribution in [2.75, 3.05) is 5.32 Å². The lowest BCUT2D eigenvalue weighted by atomic mass is 10.1. The number of amides is 1. The molecule has 3 N–H and O–H groups in total. The summed E-state index contributed by atoms with van der Waals surface area (Å²) in [7, 11) is 1.85. The largest absolute Gasteiger partial charge is 0.324 e. The maximum atomic E-state index is 11.5. The van der Waals surface area contributed by atoms with Crippen molar-refractivity contribution in [2.24, 2.45) is 12.8 Å². The van der Waals surface area contributed by atoms with Gasteiger partial charge in [0.25, 0.3) is 0 Å². The van der Waals surface area contributed by atoms with E-state index in [1.165, 1.54) is 11.8 Å². The molecule has 0 aliphatic carbocycles. The number of hydrogen-bond donors (Lipinski definition) is 2. The third kappa shape index (κ3) is 2.22. The van der Waals surface area contributed by atoms with E-state index in [2.05, 4.69) is 10.4 Å². The molecule has 1 atom stereocenters. The predicted octanol–water partition coefficient (Wildman–Crippen LogP) is 2.18. The number of rotatable bonds is 2. The lowest BCUT2D eigenvalue weighted by molar-refractivity contribution is -0.116. The Bertz CT molecular complexity index is 670. The molecular formula is C12H11ClN4OS. The predicted molar refractivity (Wildman–Crippen MR) is 74.3 cm³/mol. The van der Waals surface area contributed by atoms with E-state index in [9.17, 15) is 4.79 Å². The molecule has 1 aliphatic heterocycles. The summed E-state index contributed by atoms with van der Waals surface area (Å²) in [4.78, 5) is 13.4. The van der Waals surface area contributed by atoms with Crippen molar-refractivity contribution >= 4 is 35.0 Å². The van der Waals surface area contributed by atoms with Crippen LogP contribution in [-0.2, 0) is 11.8 Å². The number of aromatic nitrogens is 2. The molecule has 1 amide bonds. The van der Waals surface area contributed by atoms with Gasteiger partial charge in [0.15, 0.2) is 0 Å². The van der Waals surface area contributed by atoms with Crippen LogP contribution in [0.2, 0.25) is 5.02 Å². The zero-order valence-electron chi connectivity index (χ0n) is 10.1. The lowest BCUT2D eigenvalue weighted by Crippen LogP contribution is -2.19. The Morgan fingerprint density at radius 3 is 3.00 bits per heavy atom. The first-order valence-electron chi connectivity index (χ1n) is 5.61. The topological polar surface area (TPSA) is 72.9 Å². The standard InChI is InChI=1S/C12H11ClN4OS/c1-17-5-6(4-15-17)19-10-3-9-7(2-8(10)13)11(14)12(18)16-9/h2-5,11H,14H2,1H3,(H,16,18). The second-order valence-electron chi connectivity index (χ2n) is 4.29. The molecule has 1 aromatic carbocycles. The summed E-state index contributed by atoms with van der Waals surface area (Å²) in [5.41, 5.74) is 7.25. The molecule has 5 nitrogen and oxygen atoms in total. The van der Waals surface area contributed by atoms with Gasteiger partial charge < -0.3 is 11.1 Å². The first-order valence-corrected chi connectivity index (χ1v) is 6.80. The molecule has 7 heteroatoms. The van der Waals surface area contributed by atoms with Crippen molar-refractivity contribution in [1.82, 2.24) is 9.78 Å². The van der Waals surface area contributed by atoms with E-state index in [-0.39, 0.29) is 5.91 Å². The summed E-state index contributed by atoms with van der Waals surface area (Å²) in [5, 5.41) is 7.43. The number of hydrogen-bond acceptors (Lipinski definition) is 4. The normalized spacial score (nSPS) is 17.4. The van der Waals surface area contributed by atoms with Crippen LogP contribution in [0.3, 0.4) is 0 Å². The Balaban J connectivity index is 1.96. The molecule has 3 rings (SSSR count). The number of benzene rings is 1. The van der Waals surface area contributed by atoms with Crippen molar-refractivity contribution in [3.8, 4) is 0 Å². The summed E-state index contributed by atoms with van der Waals surface area (Å²) in [6.07, 6.45) is 3.66. The van der Waals surface area contributed by atoms with E-state index >= 15 is 0 Å². The Labute approximate surface area is 119 Å². The van der Waals surface area contributed by atoms with Gasteiger partial charge in [-0.15, -0.1) is 0 Å². The number of fused-ring (bicyclic) bond motifs is 1. The van der Waals surface area contributed by atoms with Crippen molar-refractivity contribution in [2.45, 2.75) is 15.8 Å². The van der Waals surface area contributed by atoms with Crippen LogP contribution in [0.1, 0.15) is 11.6 Å². The molecule has 0 spiro atoms. The fraction of sp³-hybridized carbons (Fsp3) is 0.167. The number of aryl methyl sites for hydroxylation is 1. The number of carbonyl (C=O) groups is 1. The second kappa shape index (κ2) is 4.56. The highest BCUT2D eigenvalue weighted by atomic mass is 35.5. The highest BCUT2D eigenvalue weighted by Gasteiger charge is 2.28. The monoisotopic (exact) mass is 294 g/mol. The summed E-state index contributed by atoms with van der Waals surface area (Å²) in [6, 6.07) is 2.96. The van der Waals surface area contributed by atoms with Gasteiger partial charge in [0, 0.05) is 29.4 Å². The number of nitrogens with two attached hydrogens (primary N) is 1. The Kier molecular flexibility index (Phi) is 3.00. The molecule has 0 fully saturated rings. The molecule has 0 radical (unpaired) electrons. The smallest absolute Gasteiger partial charge is 0.245 e. The summed E-state index contributed by atoms with van der Waals surface area (Å²) in [6.45, 7) is 0. The molecule has 1 unspecified atom stereocenters. The Hall–Kier alpha value is -1.50. The van der Waals surface area contributed by atoms with Gasteiger partial charge in [0.2, 0.25) is 5.91 Å². The molecular weight excluding hydrogens is 284 g/mol. The molecule has 1 aliphatic rings. The molecule has 2 heterocycles. The third-order valence-electron chi connectivity index (χ3n) is 2.89. The van der Waals surface area contributed by atoms with E-state index < -0.39 is 6.04 Å². The second-order valence-corrected chi connectivity index (χ2v) is 5.81. The first kappa shape index (κ1) is 12.5. The number of nitrogens with one attached hydrogen (secondary N) is 1. The number of nitrogens with zero attached hydrogens (tertiary/aromatic N) is 2. The summed E-state index contributed by atoms with van der Waals surface area (Å²) in [5.74, 6) is -0.199. The van der Waals surface area contributed by atoms with Crippen molar-refractivity contribution < 1.29 is 4.79 Å². The molecule has 0 bridgehead atoms. The molecule has 0 saturated heterocycles. The van der Waals surface area contributed by atoms with Crippen molar-refractivity contribution in [1.29, 1.82) is 0 Å². The summed E-state index contributed by atoms with van der Waals surface area (Å²) >= 11 is 7.73. The van der Waals surface area contributed by atoms with Crippen LogP contribution in [-0.4, -0.2) is 15.7 Å². The van der Waals surface area contributed by atoms with E-state index in [0.29, 0.717) is 5.02 Å². The molecule has 2 aromatic rings. The van der Waals surface area contributed by atoms with Gasteiger partial charge in [-0.05, 0) is 12.1 Å². The van der Waals surface area contributed by atoms with E-state index in [0.717, 1.165) is 21.0 Å². The zero-order chi connectivity index (χ0) is 13.6. The minimum atomic E-state index is -0.634. The van der Waals surface area contributed by atoms with Crippen LogP contribution >= 0.6 is 23.4 Å². The average Bonchev–Trinajstić information content (AvgIpc) is 2.87. The van der Waals surface area contributed by atoms with Crippen LogP contribution in [0, 0.1) is 0 Å². The van der Waals surface area contributed by atoms with Crippen LogP contribution in [0.15, 0.2) is 34.3 Å². The number of halogens is 1. The van der Waals surface area contributed by atoms with Crippen LogP contribution < -0.4 is 11.1 Å². The van der Waals surface area contributed by atoms with E-state index in [4.69, 9.17) is 17.3 Å². The Morgan fingerprint density at radius 1 is 1.53 bits per heavy atom. The van der Waals surface area contributed by atoms with Gasteiger partial charge in [-0.1, -0.05) is 23.4 Å². The highest BCUT2D eigenvalue weighted by molar-refractivity contribution is 7.99. The van der Waals surface area contributed by atoms with Crippen LogP contribution in [0.4, 0.5) is 5.69 Å². The van der Waals surface area contributed by atoms with Gasteiger partial charge in [-0.2, -0.15) is 5.10 Å². The fourth-order valence-electron chi connectivity index (χ4n) is 1.94. The maximum absolute atomic E-state index is 11.5. The SMILES string of the molecule is Cn1cc(Sc2cc3c(cc2Cl)C(N)C(=O)N3)cn1. The van der Waals surface area contributed by atoms with Gasteiger partial charge in [-0.25, -0.2) is 0 Å². The van der Waals surface area contributed by atoms with E-state index in [1.54, 1.807) is 16.9 Å².